The molecule has 0 saturated carbocycles. The highest BCUT2D eigenvalue weighted by atomic mass is 35.5. The van der Waals surface area contributed by atoms with Crippen molar-refractivity contribution in [2.45, 2.75) is 6.92 Å². The van der Waals surface area contributed by atoms with Gasteiger partial charge in [0.15, 0.2) is 0 Å². The Labute approximate surface area is 138 Å². The molecule has 2 aliphatic rings. The van der Waals surface area contributed by atoms with Crippen LogP contribution in [0.25, 0.3) is 0 Å². The number of benzene rings is 1. The van der Waals surface area contributed by atoms with Gasteiger partial charge in [0.1, 0.15) is 5.41 Å². The average molecular weight is 337 g/mol. The molecule has 1 aromatic rings. The Morgan fingerprint density at radius 3 is 2.22 bits per heavy atom. The summed E-state index contributed by atoms with van der Waals surface area (Å²) in [6.07, 6.45) is 0. The number of halogens is 1. The second-order valence-electron chi connectivity index (χ2n) is 6.25. The molecule has 1 aromatic carbocycles. The van der Waals surface area contributed by atoms with Crippen LogP contribution in [0.15, 0.2) is 24.3 Å². The SMILES string of the molecule is CC(=O)N1C[C@@H]2CN(C(=O)c3ccc(Cl)cc3)C[C@]2(C(=O)O)C1. The molecular weight excluding hydrogens is 320 g/mol. The molecule has 2 fully saturated rings. The van der Waals surface area contributed by atoms with E-state index in [-0.39, 0.29) is 30.8 Å². The first-order valence-corrected chi connectivity index (χ1v) is 7.75. The monoisotopic (exact) mass is 336 g/mol. The third-order valence-electron chi connectivity index (χ3n) is 4.86. The molecule has 0 radical (unpaired) electrons. The maximum atomic E-state index is 12.6. The van der Waals surface area contributed by atoms with E-state index in [0.29, 0.717) is 23.7 Å². The number of carbonyl (C=O) groups excluding carboxylic acids is 2. The van der Waals surface area contributed by atoms with E-state index in [2.05, 4.69) is 0 Å². The number of amides is 2. The van der Waals surface area contributed by atoms with Gasteiger partial charge in [-0.05, 0) is 24.3 Å². The Morgan fingerprint density at radius 2 is 1.70 bits per heavy atom. The van der Waals surface area contributed by atoms with Crippen molar-refractivity contribution in [3.05, 3.63) is 34.9 Å². The lowest BCUT2D eigenvalue weighted by Crippen LogP contribution is -2.42. The largest absolute Gasteiger partial charge is 0.481 e. The van der Waals surface area contributed by atoms with Crippen LogP contribution < -0.4 is 0 Å². The zero-order chi connectivity index (χ0) is 16.8. The summed E-state index contributed by atoms with van der Waals surface area (Å²) in [6, 6.07) is 6.54. The van der Waals surface area contributed by atoms with Crippen LogP contribution in [0.5, 0.6) is 0 Å². The number of rotatable bonds is 2. The number of hydrogen-bond acceptors (Lipinski definition) is 3. The second kappa shape index (κ2) is 5.53. The van der Waals surface area contributed by atoms with Crippen molar-refractivity contribution in [3.8, 4) is 0 Å². The molecule has 2 aliphatic heterocycles. The van der Waals surface area contributed by atoms with E-state index in [1.54, 1.807) is 34.1 Å². The van der Waals surface area contributed by atoms with Gasteiger partial charge < -0.3 is 14.9 Å². The van der Waals surface area contributed by atoms with Crippen molar-refractivity contribution >= 4 is 29.4 Å². The second-order valence-corrected chi connectivity index (χ2v) is 6.69. The Hall–Kier alpha value is -2.08. The van der Waals surface area contributed by atoms with Crippen LogP contribution in [0.3, 0.4) is 0 Å². The van der Waals surface area contributed by atoms with Crippen molar-refractivity contribution in [3.63, 3.8) is 0 Å². The summed E-state index contributed by atoms with van der Waals surface area (Å²) < 4.78 is 0. The molecule has 2 heterocycles. The third-order valence-corrected chi connectivity index (χ3v) is 5.11. The van der Waals surface area contributed by atoms with Crippen molar-refractivity contribution < 1.29 is 19.5 Å². The Balaban J connectivity index is 1.82. The molecule has 122 valence electrons. The molecule has 2 amide bonds. The van der Waals surface area contributed by atoms with Gasteiger partial charge in [-0.15, -0.1) is 0 Å². The normalized spacial score (nSPS) is 26.3. The molecule has 0 bridgehead atoms. The molecule has 23 heavy (non-hydrogen) atoms. The topological polar surface area (TPSA) is 77.9 Å². The first-order chi connectivity index (χ1) is 10.8. The Kier molecular flexibility index (Phi) is 3.80. The number of hydrogen-bond donors (Lipinski definition) is 1. The van der Waals surface area contributed by atoms with Gasteiger partial charge in [-0.25, -0.2) is 0 Å². The van der Waals surface area contributed by atoms with Gasteiger partial charge in [-0.2, -0.15) is 0 Å². The number of fused-ring (bicyclic) bond motifs is 1. The lowest BCUT2D eigenvalue weighted by molar-refractivity contribution is -0.149. The van der Waals surface area contributed by atoms with Crippen molar-refractivity contribution in [2.75, 3.05) is 26.2 Å². The summed E-state index contributed by atoms with van der Waals surface area (Å²) in [6.45, 7) is 2.45. The predicted octanol–water partition coefficient (Wildman–Crippen LogP) is 1.35. The minimum Gasteiger partial charge on any atom is -0.481 e. The van der Waals surface area contributed by atoms with E-state index in [9.17, 15) is 19.5 Å². The standard InChI is InChI=1S/C16H17ClN2O4/c1-10(20)18-6-12-7-19(9-16(12,8-18)15(22)23)14(21)11-2-4-13(17)5-3-11/h2-5,12H,6-9H2,1H3,(H,22,23)/t12-,16-/m1/s1. The molecule has 0 aromatic heterocycles. The summed E-state index contributed by atoms with van der Waals surface area (Å²) in [4.78, 5) is 39.1. The highest BCUT2D eigenvalue weighted by Crippen LogP contribution is 2.43. The van der Waals surface area contributed by atoms with Crippen LogP contribution in [0.1, 0.15) is 17.3 Å². The molecule has 0 spiro atoms. The van der Waals surface area contributed by atoms with Crippen LogP contribution >= 0.6 is 11.6 Å². The fourth-order valence-corrected chi connectivity index (χ4v) is 3.66. The minimum atomic E-state index is -1.06. The number of carboxylic acids is 1. The van der Waals surface area contributed by atoms with E-state index in [0.717, 1.165) is 0 Å². The highest BCUT2D eigenvalue weighted by molar-refractivity contribution is 6.30. The van der Waals surface area contributed by atoms with Crippen molar-refractivity contribution in [1.29, 1.82) is 0 Å². The van der Waals surface area contributed by atoms with E-state index in [1.165, 1.54) is 6.92 Å². The predicted molar refractivity (Wildman–Crippen MR) is 83.2 cm³/mol. The molecule has 7 heteroatoms. The van der Waals surface area contributed by atoms with Gasteiger partial charge in [-0.1, -0.05) is 11.6 Å². The van der Waals surface area contributed by atoms with Crippen LogP contribution in [0, 0.1) is 11.3 Å². The van der Waals surface area contributed by atoms with Crippen LogP contribution in [-0.4, -0.2) is 58.9 Å². The van der Waals surface area contributed by atoms with E-state index >= 15 is 0 Å². The maximum absolute atomic E-state index is 12.6. The zero-order valence-electron chi connectivity index (χ0n) is 12.7. The van der Waals surface area contributed by atoms with Gasteiger partial charge >= 0.3 is 5.97 Å². The maximum Gasteiger partial charge on any atom is 0.313 e. The van der Waals surface area contributed by atoms with Crippen molar-refractivity contribution in [2.24, 2.45) is 11.3 Å². The Bertz CT molecular complexity index is 675. The summed E-state index contributed by atoms with van der Waals surface area (Å²) >= 11 is 5.82. The summed E-state index contributed by atoms with van der Waals surface area (Å²) in [7, 11) is 0. The lowest BCUT2D eigenvalue weighted by Gasteiger charge is -2.25. The van der Waals surface area contributed by atoms with E-state index in [1.807, 2.05) is 0 Å². The van der Waals surface area contributed by atoms with Gasteiger partial charge in [0.25, 0.3) is 5.91 Å². The Morgan fingerprint density at radius 1 is 1.13 bits per heavy atom. The molecular formula is C16H17ClN2O4. The summed E-state index contributed by atoms with van der Waals surface area (Å²) in [5.74, 6) is -1.51. The number of carbonyl (C=O) groups is 3. The van der Waals surface area contributed by atoms with E-state index in [4.69, 9.17) is 11.6 Å². The first-order valence-electron chi connectivity index (χ1n) is 7.37. The van der Waals surface area contributed by atoms with Gasteiger partial charge in [0.2, 0.25) is 5.91 Å². The zero-order valence-corrected chi connectivity index (χ0v) is 13.4. The van der Waals surface area contributed by atoms with Crippen molar-refractivity contribution in [1.82, 2.24) is 9.80 Å². The molecule has 2 atom stereocenters. The molecule has 1 N–H and O–H groups in total. The molecule has 0 unspecified atom stereocenters. The fourth-order valence-electron chi connectivity index (χ4n) is 3.54. The number of aliphatic carboxylic acids is 1. The lowest BCUT2D eigenvalue weighted by atomic mass is 9.81. The van der Waals surface area contributed by atoms with Gasteiger partial charge in [0, 0.05) is 49.6 Å². The van der Waals surface area contributed by atoms with E-state index < -0.39 is 11.4 Å². The fraction of sp³-hybridized carbons (Fsp3) is 0.438. The minimum absolute atomic E-state index is 0.123. The van der Waals surface area contributed by atoms with Crippen LogP contribution in [-0.2, 0) is 9.59 Å². The third kappa shape index (κ3) is 2.57. The molecule has 0 aliphatic carbocycles. The van der Waals surface area contributed by atoms with Gasteiger partial charge in [0.05, 0.1) is 0 Å². The molecule has 6 nitrogen and oxygen atoms in total. The van der Waals surface area contributed by atoms with Crippen LogP contribution in [0.4, 0.5) is 0 Å². The van der Waals surface area contributed by atoms with Gasteiger partial charge in [-0.3, -0.25) is 14.4 Å². The first kappa shape index (κ1) is 15.8. The molecule has 3 rings (SSSR count). The molecule has 2 saturated heterocycles. The average Bonchev–Trinajstić information content (AvgIpc) is 3.02. The number of likely N-dealkylation sites (tertiary alicyclic amines) is 2. The van der Waals surface area contributed by atoms with Crippen LogP contribution in [0.2, 0.25) is 5.02 Å². The highest BCUT2D eigenvalue weighted by Gasteiger charge is 2.59. The number of nitrogens with zero attached hydrogens (tertiary/aromatic N) is 2. The summed E-state index contributed by atoms with van der Waals surface area (Å²) in [5.41, 5.74) is -0.577. The summed E-state index contributed by atoms with van der Waals surface area (Å²) in [5, 5.41) is 10.2. The smallest absolute Gasteiger partial charge is 0.313 e. The number of carboxylic acid groups (broad SMARTS) is 1. The quantitative estimate of drug-likeness (QED) is 0.884.